The van der Waals surface area contributed by atoms with Crippen molar-refractivity contribution in [2.45, 2.75) is 51.6 Å². The number of carbonyl (C=O) groups excluding carboxylic acids is 1. The van der Waals surface area contributed by atoms with E-state index in [1.54, 1.807) is 0 Å². The third-order valence-electron chi connectivity index (χ3n) is 3.61. The van der Waals surface area contributed by atoms with Gasteiger partial charge in [0, 0.05) is 11.8 Å². The van der Waals surface area contributed by atoms with Gasteiger partial charge in [0.15, 0.2) is 0 Å². The summed E-state index contributed by atoms with van der Waals surface area (Å²) < 4.78 is 5.46. The standard InChI is InChI=1S/C12H20O2/c1-9-7-11(8-14-9)12(13)10-5-3-2-4-6-10/h9-11H,2-8H2,1H3. The molecule has 0 amide bonds. The van der Waals surface area contributed by atoms with Gasteiger partial charge in [0.2, 0.25) is 0 Å². The second-order valence-electron chi connectivity index (χ2n) is 4.81. The zero-order valence-corrected chi connectivity index (χ0v) is 9.00. The molecule has 0 radical (unpaired) electrons. The number of ether oxygens (including phenoxy) is 1. The molecule has 2 unspecified atom stereocenters. The van der Waals surface area contributed by atoms with Crippen LogP contribution in [-0.2, 0) is 9.53 Å². The second kappa shape index (κ2) is 4.43. The molecule has 0 aromatic carbocycles. The predicted octanol–water partition coefficient (Wildman–Crippen LogP) is 2.56. The van der Waals surface area contributed by atoms with Gasteiger partial charge in [-0.1, -0.05) is 19.3 Å². The molecule has 0 spiro atoms. The summed E-state index contributed by atoms with van der Waals surface area (Å²) in [6, 6.07) is 0. The molecule has 0 N–H and O–H groups in total. The zero-order chi connectivity index (χ0) is 9.97. The Bertz CT molecular complexity index is 200. The maximum atomic E-state index is 12.1. The molecular formula is C12H20O2. The quantitative estimate of drug-likeness (QED) is 0.678. The minimum atomic E-state index is 0.216. The first kappa shape index (κ1) is 10.2. The van der Waals surface area contributed by atoms with Crippen molar-refractivity contribution in [1.82, 2.24) is 0 Å². The van der Waals surface area contributed by atoms with Gasteiger partial charge in [-0.25, -0.2) is 0 Å². The Morgan fingerprint density at radius 1 is 1.14 bits per heavy atom. The number of hydrogen-bond donors (Lipinski definition) is 0. The van der Waals surface area contributed by atoms with Crippen LogP contribution in [-0.4, -0.2) is 18.5 Å². The largest absolute Gasteiger partial charge is 0.378 e. The Morgan fingerprint density at radius 2 is 1.86 bits per heavy atom. The smallest absolute Gasteiger partial charge is 0.141 e. The minimum absolute atomic E-state index is 0.216. The molecule has 0 bridgehead atoms. The Balaban J connectivity index is 1.87. The molecule has 2 rings (SSSR count). The lowest BCUT2D eigenvalue weighted by Gasteiger charge is -2.22. The summed E-state index contributed by atoms with van der Waals surface area (Å²) in [6.45, 7) is 2.74. The second-order valence-corrected chi connectivity index (χ2v) is 4.81. The number of carbonyl (C=O) groups is 1. The van der Waals surface area contributed by atoms with Crippen LogP contribution >= 0.6 is 0 Å². The van der Waals surface area contributed by atoms with E-state index in [1.165, 1.54) is 19.3 Å². The molecule has 0 aromatic rings. The summed E-state index contributed by atoms with van der Waals surface area (Å²) in [6.07, 6.45) is 7.33. The first-order valence-electron chi connectivity index (χ1n) is 5.92. The fourth-order valence-electron chi connectivity index (χ4n) is 2.74. The van der Waals surface area contributed by atoms with Crippen molar-refractivity contribution in [3.8, 4) is 0 Å². The summed E-state index contributed by atoms with van der Waals surface area (Å²) in [7, 11) is 0. The van der Waals surface area contributed by atoms with E-state index >= 15 is 0 Å². The highest BCUT2D eigenvalue weighted by atomic mass is 16.5. The van der Waals surface area contributed by atoms with Gasteiger partial charge < -0.3 is 4.74 Å². The van der Waals surface area contributed by atoms with Gasteiger partial charge in [-0.3, -0.25) is 4.79 Å². The normalized spacial score (nSPS) is 34.6. The van der Waals surface area contributed by atoms with Gasteiger partial charge in [-0.15, -0.1) is 0 Å². The molecule has 2 nitrogen and oxygen atoms in total. The van der Waals surface area contributed by atoms with Gasteiger partial charge in [-0.05, 0) is 26.2 Å². The third kappa shape index (κ3) is 2.17. The van der Waals surface area contributed by atoms with Crippen molar-refractivity contribution in [2.24, 2.45) is 11.8 Å². The van der Waals surface area contributed by atoms with E-state index in [0.29, 0.717) is 24.4 Å². The van der Waals surface area contributed by atoms with Crippen LogP contribution in [0.4, 0.5) is 0 Å². The maximum Gasteiger partial charge on any atom is 0.141 e. The van der Waals surface area contributed by atoms with Crippen LogP contribution in [0.25, 0.3) is 0 Å². The highest BCUT2D eigenvalue weighted by molar-refractivity contribution is 5.83. The van der Waals surface area contributed by atoms with Gasteiger partial charge in [0.1, 0.15) is 5.78 Å². The summed E-state index contributed by atoms with van der Waals surface area (Å²) in [5.74, 6) is 1.07. The number of Topliss-reactive ketones (excluding diaryl/α,β-unsaturated/α-hetero) is 1. The van der Waals surface area contributed by atoms with Crippen molar-refractivity contribution in [2.75, 3.05) is 6.61 Å². The molecule has 2 fully saturated rings. The van der Waals surface area contributed by atoms with Crippen LogP contribution in [0.2, 0.25) is 0 Å². The summed E-state index contributed by atoms with van der Waals surface area (Å²) in [5.41, 5.74) is 0. The molecule has 1 saturated carbocycles. The molecule has 2 atom stereocenters. The molecular weight excluding hydrogens is 176 g/mol. The van der Waals surface area contributed by atoms with Crippen LogP contribution in [0.1, 0.15) is 45.4 Å². The van der Waals surface area contributed by atoms with Crippen LogP contribution in [0.15, 0.2) is 0 Å². The first-order chi connectivity index (χ1) is 6.77. The van der Waals surface area contributed by atoms with E-state index < -0.39 is 0 Å². The van der Waals surface area contributed by atoms with E-state index in [9.17, 15) is 4.79 Å². The average molecular weight is 196 g/mol. The Labute approximate surface area is 86.0 Å². The van der Waals surface area contributed by atoms with Crippen LogP contribution < -0.4 is 0 Å². The lowest BCUT2D eigenvalue weighted by atomic mass is 9.81. The molecule has 2 aliphatic rings. The van der Waals surface area contributed by atoms with Crippen molar-refractivity contribution in [3.63, 3.8) is 0 Å². The van der Waals surface area contributed by atoms with E-state index in [2.05, 4.69) is 6.92 Å². The van der Waals surface area contributed by atoms with Gasteiger partial charge in [0.05, 0.1) is 12.7 Å². The molecule has 2 heteroatoms. The molecule has 0 aromatic heterocycles. The maximum absolute atomic E-state index is 12.1. The van der Waals surface area contributed by atoms with E-state index in [-0.39, 0.29) is 5.92 Å². The van der Waals surface area contributed by atoms with Crippen molar-refractivity contribution in [1.29, 1.82) is 0 Å². The topological polar surface area (TPSA) is 26.3 Å². The van der Waals surface area contributed by atoms with Crippen LogP contribution in [0.5, 0.6) is 0 Å². The average Bonchev–Trinajstić information content (AvgIpc) is 2.65. The summed E-state index contributed by atoms with van der Waals surface area (Å²) in [5, 5.41) is 0. The third-order valence-corrected chi connectivity index (χ3v) is 3.61. The molecule has 1 heterocycles. The predicted molar refractivity (Wildman–Crippen MR) is 55.1 cm³/mol. The number of ketones is 1. The zero-order valence-electron chi connectivity index (χ0n) is 9.00. The van der Waals surface area contributed by atoms with Gasteiger partial charge >= 0.3 is 0 Å². The lowest BCUT2D eigenvalue weighted by Crippen LogP contribution is -2.25. The highest BCUT2D eigenvalue weighted by Crippen LogP contribution is 2.30. The van der Waals surface area contributed by atoms with Gasteiger partial charge in [0.25, 0.3) is 0 Å². The SMILES string of the molecule is CC1CC(C(=O)C2CCCCC2)CO1. The molecule has 1 aliphatic heterocycles. The molecule has 1 saturated heterocycles. The fourth-order valence-corrected chi connectivity index (χ4v) is 2.74. The van der Waals surface area contributed by atoms with Crippen molar-refractivity contribution < 1.29 is 9.53 Å². The Morgan fingerprint density at radius 3 is 2.43 bits per heavy atom. The Kier molecular flexibility index (Phi) is 3.22. The molecule has 1 aliphatic carbocycles. The number of rotatable bonds is 2. The van der Waals surface area contributed by atoms with Gasteiger partial charge in [-0.2, -0.15) is 0 Å². The fraction of sp³-hybridized carbons (Fsp3) is 0.917. The van der Waals surface area contributed by atoms with Crippen molar-refractivity contribution in [3.05, 3.63) is 0 Å². The van der Waals surface area contributed by atoms with E-state index in [0.717, 1.165) is 19.3 Å². The van der Waals surface area contributed by atoms with Crippen LogP contribution in [0.3, 0.4) is 0 Å². The van der Waals surface area contributed by atoms with E-state index in [4.69, 9.17) is 4.74 Å². The number of hydrogen-bond acceptors (Lipinski definition) is 2. The highest BCUT2D eigenvalue weighted by Gasteiger charge is 2.33. The molecule has 80 valence electrons. The van der Waals surface area contributed by atoms with Crippen molar-refractivity contribution >= 4 is 5.78 Å². The first-order valence-corrected chi connectivity index (χ1v) is 5.92. The monoisotopic (exact) mass is 196 g/mol. The summed E-state index contributed by atoms with van der Waals surface area (Å²) >= 11 is 0. The lowest BCUT2D eigenvalue weighted by molar-refractivity contribution is -0.127. The minimum Gasteiger partial charge on any atom is -0.378 e. The molecule has 14 heavy (non-hydrogen) atoms. The van der Waals surface area contributed by atoms with E-state index in [1.807, 2.05) is 0 Å². The summed E-state index contributed by atoms with van der Waals surface area (Å²) in [4.78, 5) is 12.1. The Hall–Kier alpha value is -0.370. The van der Waals surface area contributed by atoms with Crippen LogP contribution in [0, 0.1) is 11.8 Å².